The molecule has 0 bridgehead atoms. The largest absolute Gasteiger partial charge is 0.319 e. The topological polar surface area (TPSA) is 75.3 Å². The van der Waals surface area contributed by atoms with Crippen molar-refractivity contribution in [2.75, 3.05) is 10.0 Å². The first-order valence-corrected chi connectivity index (χ1v) is 10.4. The molecule has 0 unspecified atom stereocenters. The minimum Gasteiger partial charge on any atom is -0.319 e. The van der Waals surface area contributed by atoms with Crippen molar-refractivity contribution < 1.29 is 17.6 Å². The number of hydrogen-bond donors (Lipinski definition) is 2. The molecule has 0 aliphatic heterocycles. The quantitative estimate of drug-likeness (QED) is 0.586. The summed E-state index contributed by atoms with van der Waals surface area (Å²) >= 11 is 4.31. The lowest BCUT2D eigenvalue weighted by Crippen LogP contribution is -2.14. The number of nitrogens with one attached hydrogen (secondary N) is 2. The van der Waals surface area contributed by atoms with Crippen LogP contribution in [0.2, 0.25) is 0 Å². The van der Waals surface area contributed by atoms with Gasteiger partial charge in [0.1, 0.15) is 10.0 Å². The van der Waals surface area contributed by atoms with Crippen LogP contribution in [0.4, 0.5) is 15.8 Å². The molecule has 0 aliphatic carbocycles. The first-order valence-electron chi connectivity index (χ1n) is 7.29. The van der Waals surface area contributed by atoms with Crippen LogP contribution >= 0.6 is 27.3 Å². The van der Waals surface area contributed by atoms with Crippen molar-refractivity contribution >= 4 is 54.6 Å². The van der Waals surface area contributed by atoms with E-state index in [9.17, 15) is 17.6 Å². The number of benzene rings is 2. The molecule has 3 rings (SSSR count). The Bertz CT molecular complexity index is 1050. The third kappa shape index (κ3) is 4.29. The number of para-hydroxylation sites is 1. The molecule has 0 saturated carbocycles. The van der Waals surface area contributed by atoms with Gasteiger partial charge >= 0.3 is 0 Å². The van der Waals surface area contributed by atoms with Gasteiger partial charge in [-0.15, -0.1) is 11.3 Å². The number of halogens is 2. The summed E-state index contributed by atoms with van der Waals surface area (Å²) in [6.45, 7) is 0. The molecule has 0 atom stereocenters. The maximum atomic E-state index is 13.6. The highest BCUT2D eigenvalue weighted by Gasteiger charge is 2.17. The van der Waals surface area contributed by atoms with Crippen molar-refractivity contribution in [1.29, 1.82) is 0 Å². The van der Waals surface area contributed by atoms with Crippen LogP contribution in [-0.4, -0.2) is 14.3 Å². The summed E-state index contributed by atoms with van der Waals surface area (Å²) < 4.78 is 41.4. The fourth-order valence-corrected chi connectivity index (χ4v) is 5.16. The van der Waals surface area contributed by atoms with Gasteiger partial charge in [-0.2, -0.15) is 0 Å². The van der Waals surface area contributed by atoms with E-state index in [0.717, 1.165) is 11.3 Å². The van der Waals surface area contributed by atoms with Crippen molar-refractivity contribution in [2.45, 2.75) is 4.21 Å². The normalized spacial score (nSPS) is 11.2. The first kappa shape index (κ1) is 18.6. The molecule has 0 saturated heterocycles. The van der Waals surface area contributed by atoms with Gasteiger partial charge in [-0.1, -0.05) is 12.1 Å². The zero-order valence-electron chi connectivity index (χ0n) is 13.1. The summed E-state index contributed by atoms with van der Waals surface area (Å²) in [4.78, 5) is 12.2. The van der Waals surface area contributed by atoms with Gasteiger partial charge in [0.25, 0.3) is 15.9 Å². The molecule has 134 valence electrons. The molecule has 0 fully saturated rings. The second kappa shape index (κ2) is 7.56. The van der Waals surface area contributed by atoms with Crippen LogP contribution in [0.25, 0.3) is 0 Å². The van der Waals surface area contributed by atoms with E-state index in [-0.39, 0.29) is 15.5 Å². The van der Waals surface area contributed by atoms with Crippen LogP contribution in [0, 0.1) is 5.82 Å². The Morgan fingerprint density at radius 1 is 1.00 bits per heavy atom. The molecule has 3 aromatic rings. The number of hydrogen-bond acceptors (Lipinski definition) is 4. The monoisotopic (exact) mass is 454 g/mol. The van der Waals surface area contributed by atoms with Crippen molar-refractivity contribution in [2.24, 2.45) is 0 Å². The van der Waals surface area contributed by atoms with E-state index in [1.807, 2.05) is 0 Å². The maximum absolute atomic E-state index is 13.6. The molecule has 26 heavy (non-hydrogen) atoms. The van der Waals surface area contributed by atoms with Gasteiger partial charge in [-0.3, -0.25) is 9.52 Å². The van der Waals surface area contributed by atoms with Crippen molar-refractivity contribution in [3.05, 3.63) is 75.8 Å². The Morgan fingerprint density at radius 3 is 2.31 bits per heavy atom. The van der Waals surface area contributed by atoms with Gasteiger partial charge in [0.15, 0.2) is 0 Å². The van der Waals surface area contributed by atoms with Crippen molar-refractivity contribution in [1.82, 2.24) is 0 Å². The van der Waals surface area contributed by atoms with E-state index in [2.05, 4.69) is 26.0 Å². The number of thiophene rings is 1. The first-order chi connectivity index (χ1) is 12.3. The van der Waals surface area contributed by atoms with Crippen LogP contribution < -0.4 is 10.0 Å². The minimum atomic E-state index is -3.69. The zero-order chi connectivity index (χ0) is 18.7. The second-order valence-electron chi connectivity index (χ2n) is 5.18. The van der Waals surface area contributed by atoms with Crippen LogP contribution in [0.1, 0.15) is 10.4 Å². The SMILES string of the molecule is O=C(Nc1ccccc1F)c1ccc(NS(=O)(=O)c2ccc(Br)s2)cc1. The van der Waals surface area contributed by atoms with Gasteiger partial charge in [-0.05, 0) is 64.5 Å². The van der Waals surface area contributed by atoms with Crippen LogP contribution in [0.15, 0.2) is 68.7 Å². The van der Waals surface area contributed by atoms with Crippen LogP contribution in [0.3, 0.4) is 0 Å². The standard InChI is InChI=1S/C17H12BrFN2O3S2/c18-15-9-10-16(25-15)26(23,24)21-12-7-5-11(6-8-12)17(22)20-14-4-2-1-3-13(14)19/h1-10,21H,(H,20,22). The van der Waals surface area contributed by atoms with E-state index in [4.69, 9.17) is 0 Å². The van der Waals surface area contributed by atoms with Gasteiger partial charge in [0.05, 0.1) is 9.47 Å². The van der Waals surface area contributed by atoms with E-state index in [0.29, 0.717) is 9.47 Å². The highest BCUT2D eigenvalue weighted by atomic mass is 79.9. The molecule has 9 heteroatoms. The van der Waals surface area contributed by atoms with Crippen LogP contribution in [0.5, 0.6) is 0 Å². The fourth-order valence-electron chi connectivity index (χ4n) is 2.09. The predicted molar refractivity (Wildman–Crippen MR) is 104 cm³/mol. The van der Waals surface area contributed by atoms with Gasteiger partial charge in [0, 0.05) is 11.3 Å². The molecule has 2 N–H and O–H groups in total. The molecule has 1 aromatic heterocycles. The molecular weight excluding hydrogens is 443 g/mol. The third-order valence-corrected chi connectivity index (χ3v) is 6.83. The molecule has 0 aliphatic rings. The number of carbonyl (C=O) groups is 1. The number of amides is 1. The molecule has 5 nitrogen and oxygen atoms in total. The fraction of sp³-hybridized carbons (Fsp3) is 0. The highest BCUT2D eigenvalue weighted by molar-refractivity contribution is 9.11. The predicted octanol–water partition coefficient (Wildman–Crippen LogP) is 4.70. The minimum absolute atomic E-state index is 0.0746. The maximum Gasteiger partial charge on any atom is 0.271 e. The van der Waals surface area contributed by atoms with E-state index in [1.54, 1.807) is 12.1 Å². The van der Waals surface area contributed by atoms with Gasteiger partial charge in [0.2, 0.25) is 0 Å². The summed E-state index contributed by atoms with van der Waals surface area (Å²) in [5, 5.41) is 2.47. The molecule has 2 aromatic carbocycles. The summed E-state index contributed by atoms with van der Waals surface area (Å²) in [6, 6.07) is 14.8. The molecule has 1 heterocycles. The second-order valence-corrected chi connectivity index (χ2v) is 9.55. The zero-order valence-corrected chi connectivity index (χ0v) is 16.3. The van der Waals surface area contributed by atoms with E-state index in [1.165, 1.54) is 48.5 Å². The number of sulfonamides is 1. The van der Waals surface area contributed by atoms with Gasteiger partial charge in [-0.25, -0.2) is 12.8 Å². The highest BCUT2D eigenvalue weighted by Crippen LogP contribution is 2.27. The molecule has 0 spiro atoms. The van der Waals surface area contributed by atoms with Crippen molar-refractivity contribution in [3.63, 3.8) is 0 Å². The third-order valence-electron chi connectivity index (χ3n) is 3.33. The Labute approximate surface area is 162 Å². The summed E-state index contributed by atoms with van der Waals surface area (Å²) in [5.74, 6) is -1.03. The summed E-state index contributed by atoms with van der Waals surface area (Å²) in [5.41, 5.74) is 0.664. The Hall–Kier alpha value is -2.23. The number of carbonyl (C=O) groups excluding carboxylic acids is 1. The average Bonchev–Trinajstić information content (AvgIpc) is 3.05. The van der Waals surface area contributed by atoms with E-state index >= 15 is 0 Å². The average molecular weight is 455 g/mol. The number of anilines is 2. The lowest BCUT2D eigenvalue weighted by molar-refractivity contribution is 0.102. The lowest BCUT2D eigenvalue weighted by Gasteiger charge is -2.08. The summed E-state index contributed by atoms with van der Waals surface area (Å²) in [7, 11) is -3.69. The van der Waals surface area contributed by atoms with Crippen molar-refractivity contribution in [3.8, 4) is 0 Å². The van der Waals surface area contributed by atoms with Crippen LogP contribution in [-0.2, 0) is 10.0 Å². The Balaban J connectivity index is 1.72. The Kier molecular flexibility index (Phi) is 5.40. The summed E-state index contributed by atoms with van der Waals surface area (Å²) in [6.07, 6.45) is 0. The number of rotatable bonds is 5. The van der Waals surface area contributed by atoms with E-state index < -0.39 is 21.7 Å². The Morgan fingerprint density at radius 2 is 1.69 bits per heavy atom. The molecule has 1 amide bonds. The molecular formula is C17H12BrFN2O3S2. The van der Waals surface area contributed by atoms with Gasteiger partial charge < -0.3 is 5.32 Å². The molecule has 0 radical (unpaired) electrons. The lowest BCUT2D eigenvalue weighted by atomic mass is 10.2. The smallest absolute Gasteiger partial charge is 0.271 e.